The summed E-state index contributed by atoms with van der Waals surface area (Å²) >= 11 is 0. The molecule has 1 aromatic carbocycles. The summed E-state index contributed by atoms with van der Waals surface area (Å²) in [5, 5.41) is 6.98. The molecule has 0 saturated heterocycles. The van der Waals surface area contributed by atoms with Crippen molar-refractivity contribution >= 4 is 5.91 Å². The van der Waals surface area contributed by atoms with Gasteiger partial charge < -0.3 is 19.3 Å². The molecule has 1 aliphatic carbocycles. The van der Waals surface area contributed by atoms with Crippen LogP contribution in [0, 0.1) is 5.92 Å². The Bertz CT molecular complexity index is 784. The number of hydrogen-bond acceptors (Lipinski definition) is 5. The maximum atomic E-state index is 12.5. The summed E-state index contributed by atoms with van der Waals surface area (Å²) in [5.74, 6) is 2.63. The highest BCUT2D eigenvalue weighted by atomic mass is 16.5. The Kier molecular flexibility index (Phi) is 4.34. The number of aromatic nitrogens is 1. The fourth-order valence-electron chi connectivity index (χ4n) is 3.56. The molecule has 1 unspecified atom stereocenters. The molecule has 0 bridgehead atoms. The van der Waals surface area contributed by atoms with E-state index in [0.29, 0.717) is 18.8 Å². The van der Waals surface area contributed by atoms with Crippen LogP contribution in [0.5, 0.6) is 11.5 Å². The zero-order valence-corrected chi connectivity index (χ0v) is 14.3. The first-order valence-corrected chi connectivity index (χ1v) is 8.80. The predicted octanol–water partition coefficient (Wildman–Crippen LogP) is 2.54. The first-order chi connectivity index (χ1) is 12.2. The van der Waals surface area contributed by atoms with Crippen molar-refractivity contribution in [3.63, 3.8) is 0 Å². The lowest BCUT2D eigenvalue weighted by Crippen LogP contribution is -2.35. The number of nitrogens with one attached hydrogen (secondary N) is 1. The number of methoxy groups -OCH3 is 1. The fraction of sp³-hybridized carbons (Fsp3) is 0.474. The van der Waals surface area contributed by atoms with Gasteiger partial charge in [-0.25, -0.2) is 0 Å². The van der Waals surface area contributed by atoms with Crippen LogP contribution in [0.15, 0.2) is 22.7 Å². The third-order valence-electron chi connectivity index (χ3n) is 4.97. The largest absolute Gasteiger partial charge is 0.497 e. The highest BCUT2D eigenvalue weighted by Crippen LogP contribution is 2.31. The maximum Gasteiger partial charge on any atom is 0.273 e. The lowest BCUT2D eigenvalue weighted by molar-refractivity contribution is 0.0929. The summed E-state index contributed by atoms with van der Waals surface area (Å²) in [6.45, 7) is 1.14. The van der Waals surface area contributed by atoms with Crippen LogP contribution in [-0.2, 0) is 19.3 Å². The number of nitrogens with zero attached hydrogens (tertiary/aromatic N) is 1. The molecule has 2 heterocycles. The van der Waals surface area contributed by atoms with Gasteiger partial charge in [0, 0.05) is 30.5 Å². The van der Waals surface area contributed by atoms with E-state index in [1.165, 1.54) is 0 Å². The molecule has 0 spiro atoms. The SMILES string of the molecule is COc1ccc2c(c1)OCC(CNC(=O)c1noc3c1CCCC3)C2. The van der Waals surface area contributed by atoms with E-state index in [4.69, 9.17) is 14.0 Å². The van der Waals surface area contributed by atoms with E-state index in [2.05, 4.69) is 10.5 Å². The van der Waals surface area contributed by atoms with Crippen molar-refractivity contribution < 1.29 is 18.8 Å². The lowest BCUT2D eigenvalue weighted by atomic mass is 9.95. The second-order valence-electron chi connectivity index (χ2n) is 6.70. The molecule has 1 N–H and O–H groups in total. The van der Waals surface area contributed by atoms with Crippen molar-refractivity contribution in [2.45, 2.75) is 32.1 Å². The topological polar surface area (TPSA) is 73.6 Å². The lowest BCUT2D eigenvalue weighted by Gasteiger charge is -2.25. The summed E-state index contributed by atoms with van der Waals surface area (Å²) in [6.07, 6.45) is 4.82. The summed E-state index contributed by atoms with van der Waals surface area (Å²) in [6, 6.07) is 5.87. The predicted molar refractivity (Wildman–Crippen MR) is 91.2 cm³/mol. The van der Waals surface area contributed by atoms with E-state index in [0.717, 1.165) is 60.5 Å². The summed E-state index contributed by atoms with van der Waals surface area (Å²) in [4.78, 5) is 12.5. The summed E-state index contributed by atoms with van der Waals surface area (Å²) < 4.78 is 16.4. The molecule has 0 saturated carbocycles. The van der Waals surface area contributed by atoms with Gasteiger partial charge in [0.2, 0.25) is 0 Å². The van der Waals surface area contributed by atoms with Crippen LogP contribution < -0.4 is 14.8 Å². The van der Waals surface area contributed by atoms with Gasteiger partial charge in [-0.05, 0) is 37.3 Å². The number of carbonyl (C=O) groups is 1. The van der Waals surface area contributed by atoms with Crippen LogP contribution in [0.3, 0.4) is 0 Å². The van der Waals surface area contributed by atoms with Gasteiger partial charge >= 0.3 is 0 Å². The van der Waals surface area contributed by atoms with Gasteiger partial charge in [0.15, 0.2) is 5.69 Å². The Morgan fingerprint density at radius 1 is 1.36 bits per heavy atom. The van der Waals surface area contributed by atoms with Crippen molar-refractivity contribution in [2.75, 3.05) is 20.3 Å². The van der Waals surface area contributed by atoms with Gasteiger partial charge in [-0.1, -0.05) is 11.2 Å². The minimum atomic E-state index is -0.146. The second-order valence-corrected chi connectivity index (χ2v) is 6.70. The monoisotopic (exact) mass is 342 g/mol. The zero-order valence-electron chi connectivity index (χ0n) is 14.3. The van der Waals surface area contributed by atoms with Crippen molar-refractivity contribution in [1.82, 2.24) is 10.5 Å². The Morgan fingerprint density at radius 3 is 3.12 bits per heavy atom. The number of ether oxygens (including phenoxy) is 2. The van der Waals surface area contributed by atoms with Gasteiger partial charge in [-0.2, -0.15) is 0 Å². The third kappa shape index (κ3) is 3.21. The standard InChI is InChI=1S/C19H22N2O4/c1-23-14-7-6-13-8-12(11-24-17(13)9-14)10-20-19(22)18-15-4-2-3-5-16(15)25-21-18/h6-7,9,12H,2-5,8,10-11H2,1H3,(H,20,22). The molecule has 0 fully saturated rings. The van der Waals surface area contributed by atoms with Crippen molar-refractivity contribution in [1.29, 1.82) is 0 Å². The number of aryl methyl sites for hydroxylation is 1. The molecule has 2 aromatic rings. The van der Waals surface area contributed by atoms with Crippen LogP contribution in [0.2, 0.25) is 0 Å². The van der Waals surface area contributed by atoms with Gasteiger partial charge in [-0.3, -0.25) is 4.79 Å². The van der Waals surface area contributed by atoms with Gasteiger partial charge in [0.05, 0.1) is 13.7 Å². The number of carbonyl (C=O) groups excluding carboxylic acids is 1. The Hall–Kier alpha value is -2.50. The molecule has 1 atom stereocenters. The van der Waals surface area contributed by atoms with Gasteiger partial charge in [0.1, 0.15) is 17.3 Å². The molecule has 1 aliphatic heterocycles. The maximum absolute atomic E-state index is 12.5. The van der Waals surface area contributed by atoms with E-state index in [1.807, 2.05) is 18.2 Å². The average molecular weight is 342 g/mol. The van der Waals surface area contributed by atoms with Crippen LogP contribution in [-0.4, -0.2) is 31.3 Å². The van der Waals surface area contributed by atoms with Crippen LogP contribution >= 0.6 is 0 Å². The number of fused-ring (bicyclic) bond motifs is 2. The second kappa shape index (κ2) is 6.78. The average Bonchev–Trinajstić information content (AvgIpc) is 3.09. The molecule has 4 rings (SSSR count). The Morgan fingerprint density at radius 2 is 2.24 bits per heavy atom. The van der Waals surface area contributed by atoms with E-state index >= 15 is 0 Å². The quantitative estimate of drug-likeness (QED) is 0.924. The molecular weight excluding hydrogens is 320 g/mol. The molecule has 2 aliphatic rings. The van der Waals surface area contributed by atoms with Crippen LogP contribution in [0.25, 0.3) is 0 Å². The van der Waals surface area contributed by atoms with E-state index < -0.39 is 0 Å². The van der Waals surface area contributed by atoms with E-state index in [1.54, 1.807) is 7.11 Å². The molecule has 6 heteroatoms. The smallest absolute Gasteiger partial charge is 0.273 e. The van der Waals surface area contributed by atoms with Crippen molar-refractivity contribution in [2.24, 2.45) is 5.92 Å². The minimum absolute atomic E-state index is 0.146. The van der Waals surface area contributed by atoms with E-state index in [-0.39, 0.29) is 11.8 Å². The summed E-state index contributed by atoms with van der Waals surface area (Å²) in [5.41, 5.74) is 2.59. The first kappa shape index (κ1) is 16.0. The van der Waals surface area contributed by atoms with Crippen LogP contribution in [0.1, 0.15) is 40.2 Å². The van der Waals surface area contributed by atoms with Gasteiger partial charge in [-0.15, -0.1) is 0 Å². The Balaban J connectivity index is 1.37. The summed E-state index contributed by atoms with van der Waals surface area (Å²) in [7, 11) is 1.64. The molecule has 132 valence electrons. The number of benzene rings is 1. The van der Waals surface area contributed by atoms with Crippen LogP contribution in [0.4, 0.5) is 0 Å². The Labute approximate surface area is 146 Å². The molecule has 6 nitrogen and oxygen atoms in total. The normalized spacial score (nSPS) is 18.7. The van der Waals surface area contributed by atoms with Crippen molar-refractivity contribution in [3.05, 3.63) is 40.8 Å². The molecular formula is C19H22N2O4. The fourth-order valence-corrected chi connectivity index (χ4v) is 3.56. The highest BCUT2D eigenvalue weighted by molar-refractivity contribution is 5.93. The van der Waals surface area contributed by atoms with Crippen molar-refractivity contribution in [3.8, 4) is 11.5 Å². The zero-order chi connectivity index (χ0) is 17.2. The highest BCUT2D eigenvalue weighted by Gasteiger charge is 2.25. The number of amides is 1. The van der Waals surface area contributed by atoms with E-state index in [9.17, 15) is 4.79 Å². The molecule has 0 radical (unpaired) electrons. The number of rotatable bonds is 4. The third-order valence-corrected chi connectivity index (χ3v) is 4.97. The molecule has 1 aromatic heterocycles. The first-order valence-electron chi connectivity index (χ1n) is 8.80. The molecule has 25 heavy (non-hydrogen) atoms. The van der Waals surface area contributed by atoms with Gasteiger partial charge in [0.25, 0.3) is 5.91 Å². The molecule has 1 amide bonds. The minimum Gasteiger partial charge on any atom is -0.497 e. The number of hydrogen-bond donors (Lipinski definition) is 1.